The molecule has 3 aromatic carbocycles. The number of aromatic amines is 1. The summed E-state index contributed by atoms with van der Waals surface area (Å²) in [6.07, 6.45) is -3.83. The molecule has 0 spiro atoms. The summed E-state index contributed by atoms with van der Waals surface area (Å²) in [7, 11) is 0. The Morgan fingerprint density at radius 3 is 2.46 bits per heavy atom. The highest BCUT2D eigenvalue weighted by Gasteiger charge is 2.38. The molecular weight excluding hydrogens is 519 g/mol. The van der Waals surface area contributed by atoms with E-state index in [2.05, 4.69) is 26.1 Å². The summed E-state index contributed by atoms with van der Waals surface area (Å²) >= 11 is 2.68. The number of halogens is 3. The Balaban J connectivity index is 1.33. The minimum atomic E-state index is -4.78. The van der Waals surface area contributed by atoms with Crippen molar-refractivity contribution in [2.45, 2.75) is 13.1 Å². The zero-order valence-corrected chi connectivity index (χ0v) is 20.7. The Bertz CT molecular complexity index is 1830. The van der Waals surface area contributed by atoms with Crippen molar-refractivity contribution in [3.05, 3.63) is 93.9 Å². The average Bonchev–Trinajstić information content (AvgIpc) is 3.57. The minimum Gasteiger partial charge on any atom is -0.284 e. The molecular formula is C26H16F3N5OS2. The van der Waals surface area contributed by atoms with E-state index in [1.807, 2.05) is 19.1 Å². The number of H-pyrrole nitrogens is 1. The van der Waals surface area contributed by atoms with E-state index in [1.54, 1.807) is 59.9 Å². The number of para-hydroxylation sites is 1. The standard InChI is InChI=1S/C26H16F3N5OS2/c1-14-6-11-19-21(12-14)36-23(31-19)15-7-9-16(10-8-15)30-13-17-22(26(27,28)29)33-34(24(17)35)25-32-18-4-2-3-5-20(18)37-25/h2-13,33H,1H3. The predicted octanol–water partition coefficient (Wildman–Crippen LogP) is 7.13. The number of hydrogen-bond acceptors (Lipinski definition) is 6. The Hall–Kier alpha value is -4.09. The van der Waals surface area contributed by atoms with Crippen LogP contribution in [0.5, 0.6) is 0 Å². The third-order valence-electron chi connectivity index (χ3n) is 5.68. The molecule has 0 aliphatic carbocycles. The Morgan fingerprint density at radius 2 is 1.70 bits per heavy atom. The van der Waals surface area contributed by atoms with Crippen molar-refractivity contribution in [2.24, 2.45) is 4.99 Å². The summed E-state index contributed by atoms with van der Waals surface area (Å²) in [6.45, 7) is 2.02. The molecule has 11 heteroatoms. The van der Waals surface area contributed by atoms with Gasteiger partial charge in [-0.05, 0) is 61.0 Å². The molecule has 37 heavy (non-hydrogen) atoms. The van der Waals surface area contributed by atoms with Crippen LogP contribution in [-0.2, 0) is 6.18 Å². The summed E-state index contributed by atoms with van der Waals surface area (Å²) < 4.78 is 44.0. The zero-order chi connectivity index (χ0) is 25.7. The van der Waals surface area contributed by atoms with Crippen molar-refractivity contribution in [3.63, 3.8) is 0 Å². The molecule has 0 unspecified atom stereocenters. The van der Waals surface area contributed by atoms with Crippen LogP contribution in [0.3, 0.4) is 0 Å². The van der Waals surface area contributed by atoms with Crippen molar-refractivity contribution in [2.75, 3.05) is 0 Å². The molecule has 3 heterocycles. The molecule has 6 nitrogen and oxygen atoms in total. The summed E-state index contributed by atoms with van der Waals surface area (Å²) in [5.41, 5.74) is 1.28. The van der Waals surface area contributed by atoms with E-state index >= 15 is 0 Å². The smallest absolute Gasteiger partial charge is 0.284 e. The molecule has 184 valence electrons. The Kier molecular flexibility index (Phi) is 5.54. The predicted molar refractivity (Wildman–Crippen MR) is 142 cm³/mol. The number of benzene rings is 3. The maximum absolute atomic E-state index is 13.8. The number of fused-ring (bicyclic) bond motifs is 2. The third-order valence-corrected chi connectivity index (χ3v) is 7.77. The highest BCUT2D eigenvalue weighted by atomic mass is 32.1. The SMILES string of the molecule is Cc1ccc2nc(-c3ccc(N=Cc4c(C(F)(F)F)[nH]n(-c5nc6ccccc6s5)c4=O)cc3)sc2c1. The number of aromatic nitrogens is 4. The molecule has 0 amide bonds. The van der Waals surface area contributed by atoms with Gasteiger partial charge in [0.15, 0.2) is 5.69 Å². The molecule has 3 aromatic heterocycles. The summed E-state index contributed by atoms with van der Waals surface area (Å²) in [4.78, 5) is 26.1. The normalized spacial score (nSPS) is 12.3. The van der Waals surface area contributed by atoms with Crippen LogP contribution in [0.1, 0.15) is 16.8 Å². The lowest BCUT2D eigenvalue weighted by molar-refractivity contribution is -0.141. The van der Waals surface area contributed by atoms with Gasteiger partial charge in [0.1, 0.15) is 5.01 Å². The summed E-state index contributed by atoms with van der Waals surface area (Å²) in [5, 5.41) is 3.13. The number of alkyl halides is 3. The molecule has 0 fully saturated rings. The van der Waals surface area contributed by atoms with E-state index < -0.39 is 23.0 Å². The highest BCUT2D eigenvalue weighted by Crippen LogP contribution is 2.33. The number of nitrogens with one attached hydrogen (secondary N) is 1. The van der Waals surface area contributed by atoms with E-state index in [-0.39, 0.29) is 5.13 Å². The van der Waals surface area contributed by atoms with Crippen LogP contribution in [-0.4, -0.2) is 26.0 Å². The van der Waals surface area contributed by atoms with Crippen LogP contribution in [0.15, 0.2) is 76.5 Å². The number of rotatable bonds is 4. The van der Waals surface area contributed by atoms with Gasteiger partial charge in [0, 0.05) is 11.8 Å². The molecule has 0 aliphatic heterocycles. The van der Waals surface area contributed by atoms with Gasteiger partial charge >= 0.3 is 6.18 Å². The van der Waals surface area contributed by atoms with Crippen LogP contribution in [0, 0.1) is 6.92 Å². The van der Waals surface area contributed by atoms with Gasteiger partial charge in [0.25, 0.3) is 5.56 Å². The summed E-state index contributed by atoms with van der Waals surface area (Å²) in [6, 6.07) is 20.1. The number of aliphatic imine (C=N–C) groups is 1. The second-order valence-electron chi connectivity index (χ2n) is 8.30. The lowest BCUT2D eigenvalue weighted by Gasteiger charge is -2.03. The first-order valence-corrected chi connectivity index (χ1v) is 12.7. The van der Waals surface area contributed by atoms with Crippen molar-refractivity contribution in [3.8, 4) is 15.7 Å². The molecule has 0 atom stereocenters. The molecule has 1 N–H and O–H groups in total. The quantitative estimate of drug-likeness (QED) is 0.244. The van der Waals surface area contributed by atoms with Crippen LogP contribution in [0.25, 0.3) is 36.1 Å². The fraction of sp³-hybridized carbons (Fsp3) is 0.0769. The third kappa shape index (κ3) is 4.36. The number of hydrogen-bond donors (Lipinski definition) is 1. The lowest BCUT2D eigenvalue weighted by atomic mass is 10.2. The van der Waals surface area contributed by atoms with E-state index in [0.717, 1.165) is 53.3 Å². The maximum atomic E-state index is 13.8. The number of aryl methyl sites for hydroxylation is 1. The van der Waals surface area contributed by atoms with Crippen LogP contribution >= 0.6 is 22.7 Å². The fourth-order valence-electron chi connectivity index (χ4n) is 3.86. The van der Waals surface area contributed by atoms with Gasteiger partial charge in [-0.2, -0.15) is 17.9 Å². The molecule has 0 bridgehead atoms. The topological polar surface area (TPSA) is 75.9 Å². The zero-order valence-electron chi connectivity index (χ0n) is 19.1. The van der Waals surface area contributed by atoms with Crippen LogP contribution in [0.4, 0.5) is 18.9 Å². The molecule has 6 rings (SSSR count). The number of thiazole rings is 2. The van der Waals surface area contributed by atoms with Gasteiger partial charge in [0.05, 0.1) is 31.7 Å². The van der Waals surface area contributed by atoms with Gasteiger partial charge in [0.2, 0.25) is 5.13 Å². The molecule has 6 aromatic rings. The minimum absolute atomic E-state index is 0.117. The lowest BCUT2D eigenvalue weighted by Crippen LogP contribution is -2.17. The van der Waals surface area contributed by atoms with Crippen molar-refractivity contribution in [1.82, 2.24) is 19.7 Å². The van der Waals surface area contributed by atoms with Crippen molar-refractivity contribution >= 4 is 55.0 Å². The maximum Gasteiger partial charge on any atom is 0.433 e. The molecule has 0 aliphatic rings. The first-order chi connectivity index (χ1) is 17.8. The second-order valence-corrected chi connectivity index (χ2v) is 10.3. The van der Waals surface area contributed by atoms with E-state index in [9.17, 15) is 18.0 Å². The summed E-state index contributed by atoms with van der Waals surface area (Å²) in [5.74, 6) is 0. The van der Waals surface area contributed by atoms with E-state index in [1.165, 1.54) is 0 Å². The van der Waals surface area contributed by atoms with Gasteiger partial charge in [-0.25, -0.2) is 9.97 Å². The van der Waals surface area contributed by atoms with Crippen molar-refractivity contribution in [1.29, 1.82) is 0 Å². The second kappa shape index (κ2) is 8.79. The van der Waals surface area contributed by atoms with Gasteiger partial charge < -0.3 is 0 Å². The first-order valence-electron chi connectivity index (χ1n) is 11.1. The Labute approximate surface area is 215 Å². The van der Waals surface area contributed by atoms with E-state index in [0.29, 0.717) is 11.2 Å². The van der Waals surface area contributed by atoms with Gasteiger partial charge in [-0.3, -0.25) is 14.9 Å². The monoisotopic (exact) mass is 535 g/mol. The van der Waals surface area contributed by atoms with Crippen LogP contribution in [0.2, 0.25) is 0 Å². The Morgan fingerprint density at radius 1 is 0.946 bits per heavy atom. The highest BCUT2D eigenvalue weighted by molar-refractivity contribution is 7.21. The molecule has 0 radical (unpaired) electrons. The molecule has 0 saturated carbocycles. The average molecular weight is 536 g/mol. The number of nitrogens with zero attached hydrogens (tertiary/aromatic N) is 4. The van der Waals surface area contributed by atoms with Crippen LogP contribution < -0.4 is 5.56 Å². The largest absolute Gasteiger partial charge is 0.433 e. The fourth-order valence-corrected chi connectivity index (χ4v) is 5.86. The van der Waals surface area contributed by atoms with E-state index in [4.69, 9.17) is 0 Å². The molecule has 0 saturated heterocycles. The first kappa shape index (κ1) is 23.3. The van der Waals surface area contributed by atoms with Gasteiger partial charge in [-0.1, -0.05) is 29.5 Å². The van der Waals surface area contributed by atoms with Gasteiger partial charge in [-0.15, -0.1) is 11.3 Å². The van der Waals surface area contributed by atoms with Crippen molar-refractivity contribution < 1.29 is 13.2 Å².